The summed E-state index contributed by atoms with van der Waals surface area (Å²) >= 11 is 0. The average Bonchev–Trinajstić information content (AvgIpc) is 1.48. The van der Waals surface area contributed by atoms with Crippen LogP contribution in [-0.4, -0.2) is 293 Å². The monoisotopic (exact) mass is 2020 g/mol. The summed E-state index contributed by atoms with van der Waals surface area (Å²) in [5, 5.41) is 341. The Kier molecular flexibility index (Phi) is 23.1. The lowest BCUT2D eigenvalue weighted by atomic mass is 9.90. The fourth-order valence-electron chi connectivity index (χ4n) is 15.8. The molecule has 2 fully saturated rings. The fraction of sp³-hybridized carbons (Fsp3) is 0.135. The van der Waals surface area contributed by atoms with Crippen molar-refractivity contribution in [1.82, 2.24) is 0 Å². The molecule has 6 aliphatic rings. The first-order valence-corrected chi connectivity index (χ1v) is 40.2. The molecule has 0 radical (unpaired) electrons. The molecule has 6 heterocycles. The molecule has 6 aliphatic heterocycles. The minimum atomic E-state index is -3.19. The summed E-state index contributed by atoms with van der Waals surface area (Å²) in [7, 11) is 0. The molecule has 30 N–H and O–H groups in total. The lowest BCUT2D eigenvalue weighted by molar-refractivity contribution is -0.283. The molecule has 145 heavy (non-hydrogen) atoms. The molecule has 0 amide bonds. The quantitative estimate of drug-likeness (QED) is 0.0443. The number of phenols is 30. The second-order valence-electron chi connectivity index (χ2n) is 31.5. The van der Waals surface area contributed by atoms with E-state index >= 15 is 38.4 Å². The van der Waals surface area contributed by atoms with Gasteiger partial charge in [-0.3, -0.25) is 0 Å². The van der Waals surface area contributed by atoms with Gasteiger partial charge in [0.2, 0.25) is 82.3 Å². The molecule has 17 rings (SSSR count). The van der Waals surface area contributed by atoms with Gasteiger partial charge in [-0.15, -0.1) is 0 Å². The van der Waals surface area contributed by atoms with Gasteiger partial charge in [-0.2, -0.15) is 0 Å². The van der Waals surface area contributed by atoms with E-state index in [1.54, 1.807) is 0 Å². The first-order valence-electron chi connectivity index (χ1n) is 40.2. The number of carbonyl (C=O) groups is 11. The van der Waals surface area contributed by atoms with Crippen molar-refractivity contribution in [2.75, 3.05) is 13.2 Å². The van der Waals surface area contributed by atoms with E-state index in [0.29, 0.717) is 36.4 Å². The van der Waals surface area contributed by atoms with E-state index in [0.717, 1.165) is 0 Å². The zero-order valence-electron chi connectivity index (χ0n) is 70.8. The van der Waals surface area contributed by atoms with Crippen LogP contribution < -0.4 is 14.2 Å². The molecular formula is C89H58O56. The van der Waals surface area contributed by atoms with E-state index in [-0.39, 0.29) is 48.5 Å². The third-order valence-electron chi connectivity index (χ3n) is 22.8. The second kappa shape index (κ2) is 35.0. The highest BCUT2D eigenvalue weighted by Crippen LogP contribution is 2.62. The number of esters is 11. The Balaban J connectivity index is 0.935. The van der Waals surface area contributed by atoms with E-state index in [1.807, 2.05) is 0 Å². The van der Waals surface area contributed by atoms with Gasteiger partial charge in [-0.1, -0.05) is 0 Å². The van der Waals surface area contributed by atoms with Crippen molar-refractivity contribution in [3.8, 4) is 235 Å². The highest BCUT2D eigenvalue weighted by Gasteiger charge is 2.59. The number of hydrogen-bond donors (Lipinski definition) is 30. The minimum Gasteiger partial charge on any atom is -0.504 e. The van der Waals surface area contributed by atoms with Gasteiger partial charge >= 0.3 is 65.7 Å². The first kappa shape index (κ1) is 95.8. The number of benzene rings is 11. The van der Waals surface area contributed by atoms with Crippen molar-refractivity contribution in [3.05, 3.63) is 146 Å². The van der Waals surface area contributed by atoms with Gasteiger partial charge in [0.15, 0.2) is 168 Å². The van der Waals surface area contributed by atoms with Crippen molar-refractivity contribution >= 4 is 65.7 Å². The predicted octanol–water partition coefficient (Wildman–Crippen LogP) is 4.74. The van der Waals surface area contributed by atoms with E-state index in [4.69, 9.17) is 71.1 Å². The van der Waals surface area contributed by atoms with E-state index in [2.05, 4.69) is 0 Å². The molecule has 11 aromatic rings. The number of aromatic hydroxyl groups is 30. The summed E-state index contributed by atoms with van der Waals surface area (Å²) in [6, 6.07) is 3.14. The molecule has 12 bridgehead atoms. The van der Waals surface area contributed by atoms with Crippen LogP contribution in [0, 0.1) is 0 Å². The van der Waals surface area contributed by atoms with Crippen molar-refractivity contribution in [3.63, 3.8) is 0 Å². The summed E-state index contributed by atoms with van der Waals surface area (Å²) < 4.78 is 86.7. The van der Waals surface area contributed by atoms with Gasteiger partial charge in [0.25, 0.3) is 0 Å². The Bertz CT molecular complexity index is 7570. The van der Waals surface area contributed by atoms with Crippen molar-refractivity contribution in [2.24, 2.45) is 0 Å². The number of carbonyl (C=O) groups excluding carboxylic acids is 11. The van der Waals surface area contributed by atoms with E-state index in [1.165, 1.54) is 0 Å². The predicted molar refractivity (Wildman–Crippen MR) is 447 cm³/mol. The Morgan fingerprint density at radius 3 is 0.855 bits per heavy atom. The summed E-state index contributed by atoms with van der Waals surface area (Å²) in [6.07, 6.45) is -30.1. The zero-order valence-corrected chi connectivity index (χ0v) is 70.8. The number of phenolic OH excluding ortho intramolecular Hbond substituents is 30. The van der Waals surface area contributed by atoms with Crippen LogP contribution >= 0.6 is 0 Å². The SMILES string of the molecule is O=C(OC[C@@H]1O[C@H](OC(=O)c2cc(O)c(O)c(O)c2)[C@H]2OC(=O)c3cc4c(O)c(O)c3-c3c(cc(O)c(O)c3O)C(=O)O[C@@H]2[C@H]1OC(=O)c1cc(O)c(O)c(O)c1Oc1cc2c(c(O)c1O)-c1c(cc(O)c(O)c1O)C(=O)O[C@H]1C(OC(=O)c3cc(O)c(O)c(O)c3)O[C@@H]3COC(=O)c5cc(c(O)c(O)c5-c5c(cc(O)c(O)c5O)C(=O)O[C@H]3[C@@H]1OC2=O)OC(=O)c1cc(O)c(O)c(O)c1O4)c1cc(O)c(O)c(O)c1. The average molecular weight is 2020 g/mol. The molecule has 0 saturated carbocycles. The van der Waals surface area contributed by atoms with Gasteiger partial charge in [-0.05, 0) is 54.6 Å². The summed E-state index contributed by atoms with van der Waals surface area (Å²) in [5.41, 5.74) is -24.9. The third-order valence-corrected chi connectivity index (χ3v) is 22.8. The van der Waals surface area contributed by atoms with Crippen LogP contribution in [0.4, 0.5) is 0 Å². The maximum absolute atomic E-state index is 16.1. The van der Waals surface area contributed by atoms with E-state index in [9.17, 15) is 168 Å². The van der Waals surface area contributed by atoms with Crippen LogP contribution in [0.5, 0.6) is 201 Å². The number of fused-ring (bicyclic) bond motifs is 15. The smallest absolute Gasteiger partial charge is 0.347 e. The minimum absolute atomic E-state index is 0.0226. The molecule has 0 aromatic heterocycles. The third kappa shape index (κ3) is 15.9. The molecule has 2 saturated heterocycles. The maximum atomic E-state index is 16.1. The molecule has 750 valence electrons. The summed E-state index contributed by atoms with van der Waals surface area (Å²) in [5.74, 6) is -82.1. The standard InChI is InChI=1S/C89H58O56/c90-28-1-17(2-29(91)50(28)101)77(120)131-15-42-72-74-76(89(136-42)145-79(122)19-5-32(94)52(103)33(95)6-19)143-85(128)25-14-40(59(110)66(117)49(25)45-21(82(125)140-74)8-35(97)54(105)62(45)113)133-69-26(10-37(99)56(107)67(69)118)86(129)135-41-12-23-47(64(115)60(41)111)44-20(7-34(96)53(104)61(44)112)81(124)138-71-43(16-132-80(23)123)137-88(144-78(121)18-3-30(92)51(102)31(93)4-18)75-73(71)141-84(127)24-13-39(134-70-27(87(130)139-72)11-38(100)57(108)68(70)119)58(109)65(116)48(24)46-22(83(126)142-75)9-36(98)55(106)63(46)114/h1-14,42-43,71-76,88-119H,15-16H2/t42-,43+,71+,72-,73-,74+,75+,76-,88?,89+/m0/s1. The fourth-order valence-corrected chi connectivity index (χ4v) is 15.8. The first-order chi connectivity index (χ1) is 68.3. The Labute approximate surface area is 795 Å². The van der Waals surface area contributed by atoms with Crippen LogP contribution in [-0.2, 0) is 56.8 Å². The van der Waals surface area contributed by atoms with E-state index < -0.39 is 436 Å². The van der Waals surface area contributed by atoms with Crippen LogP contribution in [0.3, 0.4) is 0 Å². The van der Waals surface area contributed by atoms with Crippen LogP contribution in [0.15, 0.2) is 84.9 Å². The number of hydrogen-bond acceptors (Lipinski definition) is 56. The number of rotatable bonds is 7. The van der Waals surface area contributed by atoms with Crippen LogP contribution in [0.1, 0.15) is 114 Å². The summed E-state index contributed by atoms with van der Waals surface area (Å²) in [6.45, 7) is -3.46. The second-order valence-corrected chi connectivity index (χ2v) is 31.5. The molecular weight excluding hydrogens is 1960 g/mol. The number of ether oxygens (including phenoxy) is 15. The molecule has 0 spiro atoms. The van der Waals surface area contributed by atoms with Gasteiger partial charge in [0, 0.05) is 63.7 Å². The Morgan fingerprint density at radius 1 is 0.241 bits per heavy atom. The molecule has 1 unspecified atom stereocenters. The molecule has 10 atom stereocenters. The normalized spacial score (nSPS) is 19.4. The Morgan fingerprint density at radius 2 is 0.497 bits per heavy atom. The summed E-state index contributed by atoms with van der Waals surface area (Å²) in [4.78, 5) is 169. The molecule has 56 heteroatoms. The Hall–Kier alpha value is -20.9. The molecule has 0 aliphatic carbocycles. The van der Waals surface area contributed by atoms with Gasteiger partial charge in [0.1, 0.15) is 36.5 Å². The highest BCUT2D eigenvalue weighted by atomic mass is 16.8. The van der Waals surface area contributed by atoms with Crippen LogP contribution in [0.25, 0.3) is 33.4 Å². The topological polar surface area (TPSA) is 933 Å². The maximum Gasteiger partial charge on any atom is 0.347 e. The largest absolute Gasteiger partial charge is 0.504 e. The van der Waals surface area contributed by atoms with Gasteiger partial charge in [-0.25, -0.2) is 52.7 Å². The van der Waals surface area contributed by atoms with Gasteiger partial charge < -0.3 is 224 Å². The van der Waals surface area contributed by atoms with Crippen molar-refractivity contribution < 1.29 is 277 Å². The van der Waals surface area contributed by atoms with Crippen LogP contribution in [0.2, 0.25) is 0 Å². The van der Waals surface area contributed by atoms with Gasteiger partial charge in [0.05, 0.1) is 50.1 Å². The zero-order chi connectivity index (χ0) is 105. The van der Waals surface area contributed by atoms with Crippen molar-refractivity contribution in [1.29, 1.82) is 0 Å². The lowest BCUT2D eigenvalue weighted by Crippen LogP contribution is -2.63. The molecule has 56 nitrogen and oxygen atoms in total. The lowest BCUT2D eigenvalue weighted by Gasteiger charge is -2.44. The van der Waals surface area contributed by atoms with Crippen molar-refractivity contribution in [2.45, 2.75) is 61.4 Å². The highest BCUT2D eigenvalue weighted by molar-refractivity contribution is 6.13. The molecule has 11 aromatic carbocycles.